The van der Waals surface area contributed by atoms with Crippen molar-refractivity contribution in [1.29, 1.82) is 0 Å². The molecule has 0 bridgehead atoms. The van der Waals surface area contributed by atoms with Gasteiger partial charge < -0.3 is 4.90 Å². The average Bonchev–Trinajstić information content (AvgIpc) is 2.93. The molecule has 0 aliphatic carbocycles. The monoisotopic (exact) mass is 291 g/mol. The van der Waals surface area contributed by atoms with Crippen molar-refractivity contribution in [2.75, 3.05) is 11.9 Å². The van der Waals surface area contributed by atoms with Crippen LogP contribution >= 0.6 is 11.3 Å². The van der Waals surface area contributed by atoms with E-state index in [0.717, 1.165) is 15.4 Å². The van der Waals surface area contributed by atoms with Crippen molar-refractivity contribution in [2.45, 2.75) is 0 Å². The third-order valence-electron chi connectivity index (χ3n) is 3.53. The lowest BCUT2D eigenvalue weighted by molar-refractivity contribution is 1.18. The van der Waals surface area contributed by atoms with Crippen molar-refractivity contribution in [2.24, 2.45) is 0 Å². The second kappa shape index (κ2) is 4.82. The first-order valence-corrected chi connectivity index (χ1v) is 7.56. The zero-order valence-electron chi connectivity index (χ0n) is 11.5. The first kappa shape index (κ1) is 12.3. The number of benzene rings is 1. The van der Waals surface area contributed by atoms with Gasteiger partial charge >= 0.3 is 0 Å². The lowest BCUT2D eigenvalue weighted by atomic mass is 10.0. The second-order valence-corrected chi connectivity index (χ2v) is 5.98. The molecule has 4 rings (SSSR count). The molecular weight excluding hydrogens is 278 g/mol. The van der Waals surface area contributed by atoms with E-state index in [1.54, 1.807) is 17.5 Å². The number of rotatable bonds is 1. The molecule has 0 saturated heterocycles. The van der Waals surface area contributed by atoms with E-state index in [2.05, 4.69) is 70.6 Å². The molecule has 0 N–H and O–H groups in total. The SMILES string of the molecule is CN1C=C/C(=C\c2nc3ncccc3s2)c2ccccc21. The van der Waals surface area contributed by atoms with Crippen LogP contribution in [0.15, 0.2) is 54.9 Å². The highest BCUT2D eigenvalue weighted by atomic mass is 32.1. The molecule has 0 fully saturated rings. The Kier molecular flexibility index (Phi) is 2.82. The highest BCUT2D eigenvalue weighted by Crippen LogP contribution is 2.33. The van der Waals surface area contributed by atoms with E-state index in [9.17, 15) is 0 Å². The van der Waals surface area contributed by atoms with Crippen molar-refractivity contribution >= 4 is 39.0 Å². The van der Waals surface area contributed by atoms with Crippen LogP contribution in [0.2, 0.25) is 0 Å². The molecule has 1 aromatic carbocycles. The molecule has 0 atom stereocenters. The zero-order chi connectivity index (χ0) is 14.2. The average molecular weight is 291 g/mol. The highest BCUT2D eigenvalue weighted by Gasteiger charge is 2.13. The minimum atomic E-state index is 0.819. The molecule has 102 valence electrons. The van der Waals surface area contributed by atoms with Gasteiger partial charge in [-0.3, -0.25) is 0 Å². The number of anilines is 1. The normalized spacial score (nSPS) is 15.7. The first-order chi connectivity index (χ1) is 10.3. The van der Waals surface area contributed by atoms with Crippen LogP contribution < -0.4 is 4.90 Å². The molecule has 4 heteroatoms. The van der Waals surface area contributed by atoms with Crippen molar-refractivity contribution < 1.29 is 0 Å². The minimum absolute atomic E-state index is 0.819. The van der Waals surface area contributed by atoms with Gasteiger partial charge in [-0.25, -0.2) is 9.97 Å². The van der Waals surface area contributed by atoms with E-state index in [-0.39, 0.29) is 0 Å². The molecule has 21 heavy (non-hydrogen) atoms. The van der Waals surface area contributed by atoms with Crippen LogP contribution in [0, 0.1) is 0 Å². The van der Waals surface area contributed by atoms with Gasteiger partial charge in [-0.05, 0) is 35.9 Å². The third kappa shape index (κ3) is 2.14. The van der Waals surface area contributed by atoms with Crippen LogP contribution in [0.5, 0.6) is 0 Å². The number of allylic oxidation sites excluding steroid dienone is 2. The Balaban J connectivity index is 1.84. The molecule has 0 spiro atoms. The van der Waals surface area contributed by atoms with E-state index >= 15 is 0 Å². The quantitative estimate of drug-likeness (QED) is 0.673. The Morgan fingerprint density at radius 1 is 1.14 bits per heavy atom. The van der Waals surface area contributed by atoms with Gasteiger partial charge in [0.15, 0.2) is 5.65 Å². The molecule has 0 saturated carbocycles. The van der Waals surface area contributed by atoms with Gasteiger partial charge in [0.25, 0.3) is 0 Å². The Morgan fingerprint density at radius 3 is 2.95 bits per heavy atom. The maximum atomic E-state index is 4.58. The predicted octanol–water partition coefficient (Wildman–Crippen LogP) is 4.20. The summed E-state index contributed by atoms with van der Waals surface area (Å²) in [4.78, 5) is 11.0. The summed E-state index contributed by atoms with van der Waals surface area (Å²) >= 11 is 1.67. The molecule has 2 aromatic heterocycles. The van der Waals surface area contributed by atoms with Crippen LogP contribution in [0.1, 0.15) is 10.6 Å². The topological polar surface area (TPSA) is 29.0 Å². The Hall–Kier alpha value is -2.46. The second-order valence-electron chi connectivity index (χ2n) is 4.92. The smallest absolute Gasteiger partial charge is 0.170 e. The fourth-order valence-electron chi connectivity index (χ4n) is 2.49. The molecule has 0 radical (unpaired) electrons. The van der Waals surface area contributed by atoms with Gasteiger partial charge in [0.1, 0.15) is 5.01 Å². The van der Waals surface area contributed by atoms with Crippen LogP contribution in [0.25, 0.3) is 22.0 Å². The summed E-state index contributed by atoms with van der Waals surface area (Å²) in [5.74, 6) is 0. The van der Waals surface area contributed by atoms with Crippen LogP contribution in [-0.2, 0) is 0 Å². The number of hydrogen-bond donors (Lipinski definition) is 0. The molecule has 0 unspecified atom stereocenters. The molecule has 1 aliphatic rings. The minimum Gasteiger partial charge on any atom is -0.351 e. The van der Waals surface area contributed by atoms with Crippen LogP contribution in [0.4, 0.5) is 5.69 Å². The number of hydrogen-bond acceptors (Lipinski definition) is 4. The van der Waals surface area contributed by atoms with Crippen molar-refractivity contribution in [1.82, 2.24) is 9.97 Å². The van der Waals surface area contributed by atoms with Gasteiger partial charge in [-0.2, -0.15) is 0 Å². The van der Waals surface area contributed by atoms with Gasteiger partial charge in [0, 0.05) is 30.7 Å². The Bertz CT molecular complexity index is 843. The van der Waals surface area contributed by atoms with E-state index in [1.807, 2.05) is 6.07 Å². The Labute approximate surface area is 126 Å². The third-order valence-corrected chi connectivity index (χ3v) is 4.49. The van der Waals surface area contributed by atoms with Gasteiger partial charge in [0.2, 0.25) is 0 Å². The molecule has 1 aliphatic heterocycles. The van der Waals surface area contributed by atoms with Gasteiger partial charge in [0.05, 0.1) is 4.70 Å². The van der Waals surface area contributed by atoms with E-state index in [4.69, 9.17) is 0 Å². The summed E-state index contributed by atoms with van der Waals surface area (Å²) in [6, 6.07) is 12.4. The van der Waals surface area contributed by atoms with Crippen molar-refractivity contribution in [3.8, 4) is 0 Å². The van der Waals surface area contributed by atoms with Gasteiger partial charge in [-0.15, -0.1) is 11.3 Å². The fraction of sp³-hybridized carbons (Fsp3) is 0.0588. The molecule has 0 amide bonds. The Morgan fingerprint density at radius 2 is 2.05 bits per heavy atom. The largest absolute Gasteiger partial charge is 0.351 e. The summed E-state index contributed by atoms with van der Waals surface area (Å²) in [7, 11) is 2.06. The van der Waals surface area contributed by atoms with Crippen molar-refractivity contribution in [3.63, 3.8) is 0 Å². The number of pyridine rings is 1. The van der Waals surface area contributed by atoms with E-state index in [0.29, 0.717) is 0 Å². The summed E-state index contributed by atoms with van der Waals surface area (Å²) in [6.07, 6.45) is 8.12. The number of nitrogens with zero attached hydrogens (tertiary/aromatic N) is 3. The lowest BCUT2D eigenvalue weighted by Gasteiger charge is -2.23. The summed E-state index contributed by atoms with van der Waals surface area (Å²) < 4.78 is 1.12. The number of thiazole rings is 1. The van der Waals surface area contributed by atoms with Crippen LogP contribution in [0.3, 0.4) is 0 Å². The molecule has 3 aromatic rings. The van der Waals surface area contributed by atoms with Crippen molar-refractivity contribution in [3.05, 3.63) is 65.4 Å². The maximum Gasteiger partial charge on any atom is 0.170 e. The lowest BCUT2D eigenvalue weighted by Crippen LogP contribution is -2.13. The number of aromatic nitrogens is 2. The molecular formula is C17H13N3S. The standard InChI is InChI=1S/C17H13N3S/c1-20-10-8-12(13-5-2-3-6-14(13)20)11-16-19-17-15(21-16)7-4-9-18-17/h2-11H,1H3/b12-11+. The number of fused-ring (bicyclic) bond motifs is 2. The highest BCUT2D eigenvalue weighted by molar-refractivity contribution is 7.19. The first-order valence-electron chi connectivity index (χ1n) is 6.75. The summed E-state index contributed by atoms with van der Waals surface area (Å²) in [5, 5.41) is 0.989. The van der Waals surface area contributed by atoms with Gasteiger partial charge in [-0.1, -0.05) is 18.2 Å². The summed E-state index contributed by atoms with van der Waals surface area (Å²) in [5.41, 5.74) is 4.45. The molecule has 3 heterocycles. The van der Waals surface area contributed by atoms with E-state index in [1.165, 1.54) is 16.8 Å². The predicted molar refractivity (Wildman–Crippen MR) is 89.3 cm³/mol. The molecule has 3 nitrogen and oxygen atoms in total. The maximum absolute atomic E-state index is 4.58. The van der Waals surface area contributed by atoms with E-state index < -0.39 is 0 Å². The summed E-state index contributed by atoms with van der Waals surface area (Å²) in [6.45, 7) is 0. The fourth-order valence-corrected chi connectivity index (χ4v) is 3.37. The number of para-hydroxylation sites is 1. The van der Waals surface area contributed by atoms with Crippen LogP contribution in [-0.4, -0.2) is 17.0 Å². The zero-order valence-corrected chi connectivity index (χ0v) is 12.3.